The molecule has 4 nitrogen and oxygen atoms in total. The third-order valence-electron chi connectivity index (χ3n) is 2.34. The van der Waals surface area contributed by atoms with Crippen molar-refractivity contribution in [1.29, 1.82) is 0 Å². The number of benzene rings is 1. The molecule has 0 unspecified atom stereocenters. The van der Waals surface area contributed by atoms with Crippen LogP contribution in [-0.2, 0) is 6.54 Å². The van der Waals surface area contributed by atoms with Gasteiger partial charge in [-0.15, -0.1) is 6.42 Å². The number of halogens is 1. The SMILES string of the molecule is C#CCOc1cc(Br)c(C[NH2+]CCO)cc1OC. The summed E-state index contributed by atoms with van der Waals surface area (Å²) >= 11 is 3.48. The molecule has 0 aromatic heterocycles. The number of ether oxygens (including phenoxy) is 2. The molecule has 0 bridgehead atoms. The minimum absolute atomic E-state index is 0.165. The van der Waals surface area contributed by atoms with Crippen LogP contribution in [0.4, 0.5) is 0 Å². The first kappa shape index (κ1) is 14.8. The number of nitrogens with two attached hydrogens (primary N) is 1. The number of hydrogen-bond acceptors (Lipinski definition) is 3. The first-order valence-corrected chi connectivity index (χ1v) is 6.37. The van der Waals surface area contributed by atoms with Crippen LogP contribution in [0.25, 0.3) is 0 Å². The van der Waals surface area contributed by atoms with Gasteiger partial charge in [-0.05, 0) is 12.1 Å². The van der Waals surface area contributed by atoms with Gasteiger partial charge in [-0.2, -0.15) is 0 Å². The smallest absolute Gasteiger partial charge is 0.163 e. The van der Waals surface area contributed by atoms with Crippen LogP contribution in [0, 0.1) is 12.3 Å². The van der Waals surface area contributed by atoms with Gasteiger partial charge in [-0.25, -0.2) is 0 Å². The minimum atomic E-state index is 0.165. The van der Waals surface area contributed by atoms with Gasteiger partial charge < -0.3 is 19.9 Å². The molecule has 3 N–H and O–H groups in total. The first-order chi connectivity index (χ1) is 8.72. The Kier molecular flexibility index (Phi) is 6.58. The molecule has 18 heavy (non-hydrogen) atoms. The van der Waals surface area contributed by atoms with Crippen LogP contribution in [-0.4, -0.2) is 32.0 Å². The van der Waals surface area contributed by atoms with Crippen LogP contribution in [0.3, 0.4) is 0 Å². The average Bonchev–Trinajstić information content (AvgIpc) is 2.38. The van der Waals surface area contributed by atoms with E-state index in [1.54, 1.807) is 7.11 Å². The van der Waals surface area contributed by atoms with E-state index in [0.717, 1.165) is 16.6 Å². The second kappa shape index (κ2) is 7.98. The highest BCUT2D eigenvalue weighted by molar-refractivity contribution is 9.10. The molecule has 0 amide bonds. The molecular formula is C13H17BrNO3+. The normalized spacial score (nSPS) is 9.89. The van der Waals surface area contributed by atoms with E-state index in [1.807, 2.05) is 17.4 Å². The van der Waals surface area contributed by atoms with Crippen LogP contribution in [0.15, 0.2) is 16.6 Å². The Balaban J connectivity index is 2.85. The summed E-state index contributed by atoms with van der Waals surface area (Å²) in [6.45, 7) is 1.80. The number of aliphatic hydroxyl groups excluding tert-OH is 1. The molecule has 0 atom stereocenters. The van der Waals surface area contributed by atoms with E-state index < -0.39 is 0 Å². The summed E-state index contributed by atoms with van der Waals surface area (Å²) < 4.78 is 11.6. The van der Waals surface area contributed by atoms with Crippen LogP contribution in [0.1, 0.15) is 5.56 Å². The molecule has 0 aliphatic carbocycles. The fraction of sp³-hybridized carbons (Fsp3) is 0.385. The molecule has 0 radical (unpaired) electrons. The van der Waals surface area contributed by atoms with E-state index >= 15 is 0 Å². The molecule has 1 aromatic carbocycles. The topological polar surface area (TPSA) is 55.3 Å². The summed E-state index contributed by atoms with van der Waals surface area (Å²) in [6.07, 6.45) is 5.16. The Bertz CT molecular complexity index is 429. The van der Waals surface area contributed by atoms with Gasteiger partial charge >= 0.3 is 0 Å². The third kappa shape index (κ3) is 4.22. The van der Waals surface area contributed by atoms with Crippen LogP contribution in [0.2, 0.25) is 0 Å². The molecule has 0 heterocycles. The number of rotatable bonds is 7. The van der Waals surface area contributed by atoms with Gasteiger partial charge in [0.2, 0.25) is 0 Å². The lowest BCUT2D eigenvalue weighted by atomic mass is 10.2. The molecule has 0 fully saturated rings. The highest BCUT2D eigenvalue weighted by Gasteiger charge is 2.11. The summed E-state index contributed by atoms with van der Waals surface area (Å²) in [7, 11) is 1.59. The molecule has 0 aliphatic rings. The Labute approximate surface area is 115 Å². The number of terminal acetylenes is 1. The van der Waals surface area contributed by atoms with E-state index in [2.05, 4.69) is 21.9 Å². The zero-order chi connectivity index (χ0) is 13.4. The summed E-state index contributed by atoms with van der Waals surface area (Å²) in [5.41, 5.74) is 1.08. The molecular weight excluding hydrogens is 298 g/mol. The standard InChI is InChI=1S/C13H16BrNO3/c1-3-6-18-13-8-11(14)10(7-12(13)17-2)9-15-4-5-16/h1,7-8,15-16H,4-6,9H2,2H3/p+1. The van der Waals surface area contributed by atoms with Crippen molar-refractivity contribution in [3.63, 3.8) is 0 Å². The Morgan fingerprint density at radius 1 is 1.44 bits per heavy atom. The lowest BCUT2D eigenvalue weighted by molar-refractivity contribution is -0.671. The molecule has 0 saturated carbocycles. The lowest BCUT2D eigenvalue weighted by Crippen LogP contribution is -2.83. The van der Waals surface area contributed by atoms with Crippen molar-refractivity contribution in [2.75, 3.05) is 26.9 Å². The van der Waals surface area contributed by atoms with Crippen molar-refractivity contribution in [2.45, 2.75) is 6.54 Å². The third-order valence-corrected chi connectivity index (χ3v) is 3.08. The van der Waals surface area contributed by atoms with Crippen molar-refractivity contribution in [3.05, 3.63) is 22.2 Å². The van der Waals surface area contributed by atoms with Crippen molar-refractivity contribution in [3.8, 4) is 23.8 Å². The fourth-order valence-corrected chi connectivity index (χ4v) is 1.96. The van der Waals surface area contributed by atoms with Crippen molar-refractivity contribution in [1.82, 2.24) is 0 Å². The van der Waals surface area contributed by atoms with E-state index in [9.17, 15) is 0 Å². The van der Waals surface area contributed by atoms with Crippen LogP contribution >= 0.6 is 15.9 Å². The van der Waals surface area contributed by atoms with Gasteiger partial charge in [-0.3, -0.25) is 0 Å². The van der Waals surface area contributed by atoms with Crippen LogP contribution in [0.5, 0.6) is 11.5 Å². The Morgan fingerprint density at radius 2 is 2.22 bits per heavy atom. The second-order valence-electron chi connectivity index (χ2n) is 3.59. The second-order valence-corrected chi connectivity index (χ2v) is 4.45. The molecule has 0 aliphatic heterocycles. The zero-order valence-corrected chi connectivity index (χ0v) is 11.9. The largest absolute Gasteiger partial charge is 0.493 e. The molecule has 98 valence electrons. The number of quaternary nitrogens is 1. The monoisotopic (exact) mass is 314 g/mol. The van der Waals surface area contributed by atoms with Gasteiger partial charge in [-0.1, -0.05) is 21.9 Å². The number of aliphatic hydroxyl groups is 1. The number of hydrogen-bond donors (Lipinski definition) is 2. The summed E-state index contributed by atoms with van der Waals surface area (Å²) in [5, 5.41) is 10.8. The predicted octanol–water partition coefficient (Wildman–Crippen LogP) is 0.525. The van der Waals surface area contributed by atoms with Crippen molar-refractivity contribution in [2.24, 2.45) is 0 Å². The minimum Gasteiger partial charge on any atom is -0.493 e. The maximum absolute atomic E-state index is 8.75. The van der Waals surface area contributed by atoms with E-state index in [0.29, 0.717) is 18.0 Å². The fourth-order valence-electron chi connectivity index (χ4n) is 1.47. The Morgan fingerprint density at radius 3 is 2.83 bits per heavy atom. The van der Waals surface area contributed by atoms with Crippen molar-refractivity contribution >= 4 is 15.9 Å². The summed E-state index contributed by atoms with van der Waals surface area (Å²) in [6, 6.07) is 3.75. The summed E-state index contributed by atoms with van der Waals surface area (Å²) in [5.74, 6) is 3.69. The average molecular weight is 315 g/mol. The van der Waals surface area contributed by atoms with E-state index in [1.165, 1.54) is 0 Å². The Hall–Kier alpha value is -1.22. The van der Waals surface area contributed by atoms with E-state index in [4.69, 9.17) is 21.0 Å². The maximum Gasteiger partial charge on any atom is 0.163 e. The molecule has 5 heteroatoms. The molecule has 0 spiro atoms. The molecule has 1 aromatic rings. The van der Waals surface area contributed by atoms with Gasteiger partial charge in [0.05, 0.1) is 20.3 Å². The van der Waals surface area contributed by atoms with E-state index in [-0.39, 0.29) is 13.2 Å². The van der Waals surface area contributed by atoms with Crippen LogP contribution < -0.4 is 14.8 Å². The predicted molar refractivity (Wildman–Crippen MR) is 72.6 cm³/mol. The molecule has 1 rings (SSSR count). The zero-order valence-electron chi connectivity index (χ0n) is 10.3. The maximum atomic E-state index is 8.75. The van der Waals surface area contributed by atoms with Gasteiger partial charge in [0.15, 0.2) is 11.5 Å². The number of methoxy groups -OCH3 is 1. The first-order valence-electron chi connectivity index (χ1n) is 5.58. The lowest BCUT2D eigenvalue weighted by Gasteiger charge is -2.12. The molecule has 0 saturated heterocycles. The van der Waals surface area contributed by atoms with Gasteiger partial charge in [0.25, 0.3) is 0 Å². The van der Waals surface area contributed by atoms with Gasteiger partial charge in [0, 0.05) is 10.0 Å². The quantitative estimate of drug-likeness (QED) is 0.570. The highest BCUT2D eigenvalue weighted by atomic mass is 79.9. The van der Waals surface area contributed by atoms with Gasteiger partial charge in [0.1, 0.15) is 13.2 Å². The summed E-state index contributed by atoms with van der Waals surface area (Å²) in [4.78, 5) is 0. The van der Waals surface area contributed by atoms with Crippen molar-refractivity contribution < 1.29 is 19.9 Å². The highest BCUT2D eigenvalue weighted by Crippen LogP contribution is 2.33.